The van der Waals surface area contributed by atoms with Crippen LogP contribution < -0.4 is 5.32 Å². The second kappa shape index (κ2) is 5.30. The molecule has 90 valence electrons. The molecule has 1 heterocycles. The largest absolute Gasteiger partial charge is 0.370 e. The number of hydrogen-bond donors (Lipinski definition) is 1. The predicted molar refractivity (Wildman–Crippen MR) is 75.6 cm³/mol. The van der Waals surface area contributed by atoms with Gasteiger partial charge in [-0.25, -0.2) is 4.98 Å². The van der Waals surface area contributed by atoms with Crippen LogP contribution in [0.15, 0.2) is 18.2 Å². The molecule has 0 aliphatic rings. The first-order valence-corrected chi connectivity index (χ1v) is 6.45. The average molecular weight is 290 g/mol. The van der Waals surface area contributed by atoms with E-state index in [0.29, 0.717) is 20.6 Å². The van der Waals surface area contributed by atoms with Crippen LogP contribution >= 0.6 is 34.8 Å². The minimum Gasteiger partial charge on any atom is -0.370 e. The topological polar surface area (TPSA) is 24.9 Å². The number of rotatable bonds is 3. The molecular formula is C12H11Cl3N2. The van der Waals surface area contributed by atoms with Gasteiger partial charge in [0.1, 0.15) is 5.82 Å². The Morgan fingerprint density at radius 1 is 1.18 bits per heavy atom. The number of nitrogens with one attached hydrogen (secondary N) is 1. The predicted octanol–water partition coefficient (Wildman–Crippen LogP) is 5.02. The quantitative estimate of drug-likeness (QED) is 0.803. The highest BCUT2D eigenvalue weighted by Gasteiger charge is 2.10. The van der Waals surface area contributed by atoms with Gasteiger partial charge in [0.05, 0.1) is 20.6 Å². The lowest BCUT2D eigenvalue weighted by Gasteiger charge is -2.08. The molecule has 1 N–H and O–H groups in total. The van der Waals surface area contributed by atoms with Crippen molar-refractivity contribution < 1.29 is 0 Å². The van der Waals surface area contributed by atoms with Crippen LogP contribution in [0.2, 0.25) is 15.1 Å². The first kappa shape index (κ1) is 12.7. The molecule has 0 unspecified atom stereocenters. The maximum Gasteiger partial charge on any atom is 0.126 e. The smallest absolute Gasteiger partial charge is 0.126 e. The van der Waals surface area contributed by atoms with E-state index in [1.165, 1.54) is 0 Å². The molecule has 1 aromatic heterocycles. The molecule has 0 atom stereocenters. The number of halogens is 3. The van der Waals surface area contributed by atoms with E-state index >= 15 is 0 Å². The Morgan fingerprint density at radius 3 is 2.65 bits per heavy atom. The zero-order valence-corrected chi connectivity index (χ0v) is 11.5. The summed E-state index contributed by atoms with van der Waals surface area (Å²) in [5.41, 5.74) is 0.669. The van der Waals surface area contributed by atoms with Gasteiger partial charge in [-0.1, -0.05) is 41.7 Å². The zero-order valence-electron chi connectivity index (χ0n) is 9.23. The minimum atomic E-state index is 0.445. The molecule has 0 amide bonds. The lowest BCUT2D eigenvalue weighted by atomic mass is 10.2. The van der Waals surface area contributed by atoms with E-state index in [-0.39, 0.29) is 0 Å². The van der Waals surface area contributed by atoms with E-state index in [1.807, 2.05) is 12.1 Å². The van der Waals surface area contributed by atoms with Crippen molar-refractivity contribution in [1.82, 2.24) is 4.98 Å². The molecule has 0 aliphatic heterocycles. The van der Waals surface area contributed by atoms with Gasteiger partial charge in [0, 0.05) is 11.9 Å². The Hall–Kier alpha value is -0.700. The van der Waals surface area contributed by atoms with Gasteiger partial charge in [-0.05, 0) is 24.6 Å². The van der Waals surface area contributed by atoms with E-state index in [2.05, 4.69) is 17.2 Å². The van der Waals surface area contributed by atoms with Crippen LogP contribution in [0.5, 0.6) is 0 Å². The van der Waals surface area contributed by atoms with Gasteiger partial charge in [0.25, 0.3) is 0 Å². The monoisotopic (exact) mass is 288 g/mol. The Kier molecular flexibility index (Phi) is 3.97. The van der Waals surface area contributed by atoms with Crippen molar-refractivity contribution in [3.63, 3.8) is 0 Å². The summed E-state index contributed by atoms with van der Waals surface area (Å²) in [6.45, 7) is 2.97. The Balaban J connectivity index is 2.54. The number of aromatic nitrogens is 1. The summed E-state index contributed by atoms with van der Waals surface area (Å²) in [5.74, 6) is 0.791. The first-order chi connectivity index (χ1) is 8.13. The molecule has 0 spiro atoms. The van der Waals surface area contributed by atoms with Crippen LogP contribution in [-0.4, -0.2) is 11.5 Å². The van der Waals surface area contributed by atoms with Crippen LogP contribution in [-0.2, 0) is 0 Å². The van der Waals surface area contributed by atoms with Crippen molar-refractivity contribution in [3.8, 4) is 0 Å². The van der Waals surface area contributed by atoms with Gasteiger partial charge in [-0.15, -0.1) is 0 Å². The number of fused-ring (bicyclic) bond motifs is 1. The molecule has 2 aromatic rings. The number of benzene rings is 1. The summed E-state index contributed by atoms with van der Waals surface area (Å²) < 4.78 is 0. The van der Waals surface area contributed by atoms with Crippen molar-refractivity contribution in [2.24, 2.45) is 0 Å². The van der Waals surface area contributed by atoms with Crippen molar-refractivity contribution in [3.05, 3.63) is 33.3 Å². The highest BCUT2D eigenvalue weighted by molar-refractivity contribution is 6.47. The molecule has 2 rings (SSSR count). The third-order valence-corrected chi connectivity index (χ3v) is 3.47. The summed E-state index contributed by atoms with van der Waals surface area (Å²) in [7, 11) is 0. The highest BCUT2D eigenvalue weighted by atomic mass is 35.5. The standard InChI is InChI=1S/C12H11Cl3N2/c1-2-5-16-10-4-3-7-11(15)8(13)6-9(14)12(7)17-10/h3-4,6H,2,5H2,1H3,(H,16,17). The molecule has 2 nitrogen and oxygen atoms in total. The second-order valence-electron chi connectivity index (χ2n) is 3.67. The number of anilines is 1. The maximum absolute atomic E-state index is 6.11. The summed E-state index contributed by atoms with van der Waals surface area (Å²) in [5, 5.41) is 5.41. The van der Waals surface area contributed by atoms with Gasteiger partial charge >= 0.3 is 0 Å². The Labute approximate surface area is 115 Å². The average Bonchev–Trinajstić information content (AvgIpc) is 2.33. The number of pyridine rings is 1. The molecule has 1 aromatic carbocycles. The third-order valence-electron chi connectivity index (χ3n) is 2.38. The summed E-state index contributed by atoms with van der Waals surface area (Å²) in [4.78, 5) is 4.43. The lowest BCUT2D eigenvalue weighted by molar-refractivity contribution is 0.972. The highest BCUT2D eigenvalue weighted by Crippen LogP contribution is 2.35. The van der Waals surface area contributed by atoms with Crippen molar-refractivity contribution in [2.75, 3.05) is 11.9 Å². The van der Waals surface area contributed by atoms with Crippen LogP contribution in [0, 0.1) is 0 Å². The molecular weight excluding hydrogens is 279 g/mol. The molecule has 17 heavy (non-hydrogen) atoms. The molecule has 0 aliphatic carbocycles. The van der Waals surface area contributed by atoms with Crippen LogP contribution in [0.4, 0.5) is 5.82 Å². The summed E-state index contributed by atoms with van der Waals surface area (Å²) >= 11 is 18.2. The molecule has 0 radical (unpaired) electrons. The fourth-order valence-electron chi connectivity index (χ4n) is 1.54. The molecule has 0 saturated carbocycles. The normalized spacial score (nSPS) is 10.8. The van der Waals surface area contributed by atoms with Gasteiger partial charge in [0.2, 0.25) is 0 Å². The summed E-state index contributed by atoms with van der Waals surface area (Å²) in [6.07, 6.45) is 1.04. The Bertz CT molecular complexity index is 555. The van der Waals surface area contributed by atoms with Gasteiger partial charge in [-0.3, -0.25) is 0 Å². The van der Waals surface area contributed by atoms with Crippen molar-refractivity contribution >= 4 is 51.5 Å². The van der Waals surface area contributed by atoms with E-state index in [4.69, 9.17) is 34.8 Å². The second-order valence-corrected chi connectivity index (χ2v) is 4.87. The van der Waals surface area contributed by atoms with E-state index in [1.54, 1.807) is 6.07 Å². The van der Waals surface area contributed by atoms with Gasteiger partial charge < -0.3 is 5.32 Å². The van der Waals surface area contributed by atoms with E-state index < -0.39 is 0 Å². The first-order valence-electron chi connectivity index (χ1n) is 5.31. The fourth-order valence-corrected chi connectivity index (χ4v) is 2.27. The van der Waals surface area contributed by atoms with Crippen LogP contribution in [0.1, 0.15) is 13.3 Å². The Morgan fingerprint density at radius 2 is 1.94 bits per heavy atom. The van der Waals surface area contributed by atoms with Gasteiger partial charge in [-0.2, -0.15) is 0 Å². The molecule has 0 fully saturated rings. The van der Waals surface area contributed by atoms with Crippen LogP contribution in [0.3, 0.4) is 0 Å². The SMILES string of the molecule is CCCNc1ccc2c(Cl)c(Cl)cc(Cl)c2n1. The zero-order chi connectivity index (χ0) is 12.4. The van der Waals surface area contributed by atoms with E-state index in [0.717, 1.165) is 24.2 Å². The summed E-state index contributed by atoms with van der Waals surface area (Å²) in [6, 6.07) is 5.36. The van der Waals surface area contributed by atoms with Crippen LogP contribution in [0.25, 0.3) is 10.9 Å². The number of hydrogen-bond acceptors (Lipinski definition) is 2. The molecule has 0 bridgehead atoms. The minimum absolute atomic E-state index is 0.445. The van der Waals surface area contributed by atoms with Gasteiger partial charge in [0.15, 0.2) is 0 Å². The lowest BCUT2D eigenvalue weighted by Crippen LogP contribution is -2.01. The number of nitrogens with zero attached hydrogens (tertiary/aromatic N) is 1. The van der Waals surface area contributed by atoms with Crippen molar-refractivity contribution in [2.45, 2.75) is 13.3 Å². The molecule has 0 saturated heterocycles. The molecule has 5 heteroatoms. The third kappa shape index (κ3) is 2.59. The van der Waals surface area contributed by atoms with Crippen molar-refractivity contribution in [1.29, 1.82) is 0 Å². The maximum atomic E-state index is 6.11. The van der Waals surface area contributed by atoms with E-state index in [9.17, 15) is 0 Å². The fraction of sp³-hybridized carbons (Fsp3) is 0.250.